The van der Waals surface area contributed by atoms with E-state index in [9.17, 15) is 4.79 Å². The van der Waals surface area contributed by atoms with E-state index in [2.05, 4.69) is 0 Å². The second-order valence-corrected chi connectivity index (χ2v) is 3.80. The van der Waals surface area contributed by atoms with Crippen molar-refractivity contribution >= 4 is 11.7 Å². The Morgan fingerprint density at radius 1 is 1.21 bits per heavy atom. The Hall–Kier alpha value is -3.00. The molecule has 2 rings (SSSR count). The molecule has 0 bridgehead atoms. The van der Waals surface area contributed by atoms with E-state index in [1.165, 1.54) is 18.2 Å². The van der Waals surface area contributed by atoms with Gasteiger partial charge in [0.15, 0.2) is 5.75 Å². The molecule has 2 aromatic carbocycles. The number of nitriles is 1. The fourth-order valence-corrected chi connectivity index (χ4v) is 1.48. The average molecular weight is 254 g/mol. The summed E-state index contributed by atoms with van der Waals surface area (Å²) in [7, 11) is 0. The minimum atomic E-state index is -1.05. The van der Waals surface area contributed by atoms with Gasteiger partial charge in [-0.1, -0.05) is 0 Å². The van der Waals surface area contributed by atoms with Gasteiger partial charge in [0.25, 0.3) is 0 Å². The van der Waals surface area contributed by atoms with E-state index < -0.39 is 5.97 Å². The normalized spacial score (nSPS) is 9.63. The molecule has 0 saturated carbocycles. The van der Waals surface area contributed by atoms with Crippen molar-refractivity contribution in [3.8, 4) is 17.6 Å². The molecule has 3 N–H and O–H groups in total. The van der Waals surface area contributed by atoms with Gasteiger partial charge in [-0.3, -0.25) is 0 Å². The third-order valence-electron chi connectivity index (χ3n) is 2.47. The maximum atomic E-state index is 10.9. The van der Waals surface area contributed by atoms with Gasteiger partial charge in [0.1, 0.15) is 5.75 Å². The second kappa shape index (κ2) is 5.10. The van der Waals surface area contributed by atoms with E-state index in [1.807, 2.05) is 6.07 Å². The van der Waals surface area contributed by atoms with Gasteiger partial charge in [0, 0.05) is 0 Å². The van der Waals surface area contributed by atoms with Gasteiger partial charge in [-0.2, -0.15) is 5.26 Å². The molecule has 5 heteroatoms. The van der Waals surface area contributed by atoms with Gasteiger partial charge < -0.3 is 15.6 Å². The molecule has 0 atom stereocenters. The monoisotopic (exact) mass is 254 g/mol. The summed E-state index contributed by atoms with van der Waals surface area (Å²) in [6.07, 6.45) is 0. The number of nitrogen functional groups attached to an aromatic ring is 1. The topological polar surface area (TPSA) is 96.3 Å². The zero-order valence-corrected chi connectivity index (χ0v) is 9.83. The van der Waals surface area contributed by atoms with Gasteiger partial charge in [-0.05, 0) is 42.5 Å². The quantitative estimate of drug-likeness (QED) is 0.820. The smallest absolute Gasteiger partial charge is 0.335 e. The van der Waals surface area contributed by atoms with Crippen molar-refractivity contribution in [3.05, 3.63) is 53.6 Å². The molecule has 0 aliphatic heterocycles. The predicted octanol–water partition coefficient (Wildman–Crippen LogP) is 2.63. The minimum absolute atomic E-state index is 0.0952. The van der Waals surface area contributed by atoms with E-state index in [0.29, 0.717) is 17.0 Å². The van der Waals surface area contributed by atoms with Crippen LogP contribution >= 0.6 is 0 Å². The highest BCUT2D eigenvalue weighted by Crippen LogP contribution is 2.28. The van der Waals surface area contributed by atoms with Crippen LogP contribution in [0.1, 0.15) is 15.9 Å². The Morgan fingerprint density at radius 3 is 2.47 bits per heavy atom. The van der Waals surface area contributed by atoms with E-state index in [-0.39, 0.29) is 11.3 Å². The summed E-state index contributed by atoms with van der Waals surface area (Å²) in [5.41, 5.74) is 6.67. The molecule has 19 heavy (non-hydrogen) atoms. The molecule has 5 nitrogen and oxygen atoms in total. The number of benzene rings is 2. The van der Waals surface area contributed by atoms with Crippen molar-refractivity contribution in [2.24, 2.45) is 0 Å². The minimum Gasteiger partial charge on any atom is -0.478 e. The molecule has 0 aliphatic rings. The fraction of sp³-hybridized carbons (Fsp3) is 0. The molecule has 0 unspecified atom stereocenters. The number of hydrogen-bond acceptors (Lipinski definition) is 4. The molecular weight excluding hydrogens is 244 g/mol. The Kier molecular flexibility index (Phi) is 3.35. The van der Waals surface area contributed by atoms with Crippen molar-refractivity contribution in [1.29, 1.82) is 5.26 Å². The lowest BCUT2D eigenvalue weighted by Gasteiger charge is -2.09. The number of carbonyl (C=O) groups is 1. The number of aromatic carboxylic acids is 1. The van der Waals surface area contributed by atoms with Gasteiger partial charge in [-0.15, -0.1) is 0 Å². The van der Waals surface area contributed by atoms with Crippen LogP contribution in [0.3, 0.4) is 0 Å². The third-order valence-corrected chi connectivity index (χ3v) is 2.47. The highest BCUT2D eigenvalue weighted by Gasteiger charge is 2.08. The molecule has 0 heterocycles. The van der Waals surface area contributed by atoms with Crippen LogP contribution in [0.4, 0.5) is 5.69 Å². The molecule has 0 radical (unpaired) electrons. The molecule has 94 valence electrons. The van der Waals surface area contributed by atoms with Gasteiger partial charge in [0.2, 0.25) is 0 Å². The lowest BCUT2D eigenvalue weighted by molar-refractivity contribution is 0.0696. The highest BCUT2D eigenvalue weighted by atomic mass is 16.5. The second-order valence-electron chi connectivity index (χ2n) is 3.80. The molecule has 0 amide bonds. The van der Waals surface area contributed by atoms with Crippen molar-refractivity contribution < 1.29 is 14.6 Å². The first kappa shape index (κ1) is 12.5. The zero-order chi connectivity index (χ0) is 13.8. The van der Waals surface area contributed by atoms with Crippen LogP contribution in [0.2, 0.25) is 0 Å². The maximum absolute atomic E-state index is 10.9. The number of hydrogen-bond donors (Lipinski definition) is 2. The molecule has 2 aromatic rings. The number of rotatable bonds is 3. The first-order valence-corrected chi connectivity index (χ1v) is 5.41. The summed E-state index contributed by atoms with van der Waals surface area (Å²) in [5.74, 6) is -0.303. The summed E-state index contributed by atoms with van der Waals surface area (Å²) in [6.45, 7) is 0. The zero-order valence-electron chi connectivity index (χ0n) is 9.83. The lowest BCUT2D eigenvalue weighted by Crippen LogP contribution is -1.99. The number of anilines is 1. The molecular formula is C14H10N2O3. The van der Waals surface area contributed by atoms with E-state index in [1.54, 1.807) is 24.3 Å². The molecule has 0 spiro atoms. The Balaban J connectivity index is 2.29. The van der Waals surface area contributed by atoms with Crippen LogP contribution < -0.4 is 10.5 Å². The van der Waals surface area contributed by atoms with E-state index >= 15 is 0 Å². The first-order valence-electron chi connectivity index (χ1n) is 5.41. The van der Waals surface area contributed by atoms with E-state index in [0.717, 1.165) is 0 Å². The van der Waals surface area contributed by atoms with E-state index in [4.69, 9.17) is 20.8 Å². The fourth-order valence-electron chi connectivity index (χ4n) is 1.48. The average Bonchev–Trinajstić information content (AvgIpc) is 2.42. The van der Waals surface area contributed by atoms with Crippen LogP contribution in [0.25, 0.3) is 0 Å². The summed E-state index contributed by atoms with van der Waals surface area (Å²) >= 11 is 0. The van der Waals surface area contributed by atoms with Gasteiger partial charge >= 0.3 is 5.97 Å². The summed E-state index contributed by atoms with van der Waals surface area (Å²) in [6, 6.07) is 12.7. The van der Waals surface area contributed by atoms with Gasteiger partial charge in [-0.25, -0.2) is 4.79 Å². The van der Waals surface area contributed by atoms with Crippen molar-refractivity contribution in [2.45, 2.75) is 0 Å². The Bertz CT molecular complexity index is 657. The number of nitrogens with zero attached hydrogens (tertiary/aromatic N) is 1. The van der Waals surface area contributed by atoms with Crippen molar-refractivity contribution in [3.63, 3.8) is 0 Å². The summed E-state index contributed by atoms with van der Waals surface area (Å²) in [4.78, 5) is 10.9. The first-order chi connectivity index (χ1) is 9.10. The largest absolute Gasteiger partial charge is 0.478 e. The summed E-state index contributed by atoms with van der Waals surface area (Å²) < 4.78 is 5.50. The van der Waals surface area contributed by atoms with Crippen LogP contribution in [0, 0.1) is 11.3 Å². The predicted molar refractivity (Wildman–Crippen MR) is 69.0 cm³/mol. The number of carboxylic acid groups (broad SMARTS) is 1. The van der Waals surface area contributed by atoms with Crippen molar-refractivity contribution in [2.75, 3.05) is 5.73 Å². The Labute approximate surface area is 109 Å². The van der Waals surface area contributed by atoms with Crippen LogP contribution in [0.5, 0.6) is 11.5 Å². The molecule has 0 fully saturated rings. The number of carboxylic acids is 1. The number of nitrogens with two attached hydrogens (primary N) is 1. The molecule has 0 saturated heterocycles. The van der Waals surface area contributed by atoms with Gasteiger partial charge in [0.05, 0.1) is 22.9 Å². The summed E-state index contributed by atoms with van der Waals surface area (Å²) in [5, 5.41) is 17.6. The molecule has 0 aromatic heterocycles. The Morgan fingerprint density at radius 2 is 1.89 bits per heavy atom. The highest BCUT2D eigenvalue weighted by molar-refractivity contribution is 5.89. The standard InChI is InChI=1S/C14H10N2O3/c15-8-9-1-4-11(5-2-9)19-13-7-10(14(17)18)3-6-12(13)16/h1-7H,16H2,(H,17,18). The maximum Gasteiger partial charge on any atom is 0.335 e. The SMILES string of the molecule is N#Cc1ccc(Oc2cc(C(=O)O)ccc2N)cc1. The lowest BCUT2D eigenvalue weighted by atomic mass is 10.2. The number of ether oxygens (including phenoxy) is 1. The third kappa shape index (κ3) is 2.82. The molecule has 0 aliphatic carbocycles. The van der Waals surface area contributed by atoms with Crippen LogP contribution in [0.15, 0.2) is 42.5 Å². The van der Waals surface area contributed by atoms with Crippen molar-refractivity contribution in [1.82, 2.24) is 0 Å². The van der Waals surface area contributed by atoms with Crippen LogP contribution in [-0.4, -0.2) is 11.1 Å². The van der Waals surface area contributed by atoms with Crippen LogP contribution in [-0.2, 0) is 0 Å².